The maximum atomic E-state index is 12.2. The number of hydrogen-bond donors (Lipinski definition) is 1. The van der Waals surface area contributed by atoms with Gasteiger partial charge in [0.05, 0.1) is 5.69 Å². The van der Waals surface area contributed by atoms with Crippen molar-refractivity contribution in [1.82, 2.24) is 20.1 Å². The Balaban J connectivity index is 1.67. The number of thiophene rings is 1. The van der Waals surface area contributed by atoms with Crippen LogP contribution in [0.15, 0.2) is 41.8 Å². The van der Waals surface area contributed by atoms with Gasteiger partial charge >= 0.3 is 0 Å². The number of rotatable bonds is 5. The molecule has 23 heavy (non-hydrogen) atoms. The molecule has 2 heterocycles. The molecule has 0 saturated carbocycles. The fourth-order valence-corrected chi connectivity index (χ4v) is 2.98. The van der Waals surface area contributed by atoms with E-state index >= 15 is 0 Å². The summed E-state index contributed by atoms with van der Waals surface area (Å²) in [6, 6.07) is 11.3. The summed E-state index contributed by atoms with van der Waals surface area (Å²) in [5.41, 5.74) is 0.817. The van der Waals surface area contributed by atoms with Crippen molar-refractivity contribution in [2.45, 2.75) is 13.3 Å². The topological polar surface area (TPSA) is 59.8 Å². The molecule has 0 aliphatic heterocycles. The fraction of sp³-hybridized carbons (Fsp3) is 0.188. The van der Waals surface area contributed by atoms with E-state index in [0.29, 0.717) is 17.4 Å². The number of halogens is 1. The van der Waals surface area contributed by atoms with Gasteiger partial charge in [0, 0.05) is 16.4 Å². The number of nitrogens with zero attached hydrogens (tertiary/aromatic N) is 3. The second-order valence-electron chi connectivity index (χ2n) is 4.96. The highest BCUT2D eigenvalue weighted by Crippen LogP contribution is 2.14. The largest absolute Gasteiger partial charge is 0.349 e. The van der Waals surface area contributed by atoms with Crippen molar-refractivity contribution in [2.24, 2.45) is 0 Å². The summed E-state index contributed by atoms with van der Waals surface area (Å²) in [5, 5.41) is 9.80. The van der Waals surface area contributed by atoms with Crippen LogP contribution in [0.4, 0.5) is 0 Å². The van der Waals surface area contributed by atoms with Gasteiger partial charge in [0.1, 0.15) is 5.82 Å². The van der Waals surface area contributed by atoms with Gasteiger partial charge in [0.2, 0.25) is 5.82 Å². The first kappa shape index (κ1) is 15.7. The summed E-state index contributed by atoms with van der Waals surface area (Å²) >= 11 is 7.56. The molecular weight excluding hydrogens is 332 g/mol. The van der Waals surface area contributed by atoms with Crippen LogP contribution in [-0.2, 0) is 6.42 Å². The van der Waals surface area contributed by atoms with Crippen LogP contribution in [0.3, 0.4) is 0 Å². The minimum atomic E-state index is -0.266. The van der Waals surface area contributed by atoms with Gasteiger partial charge in [-0.2, -0.15) is 0 Å². The maximum absolute atomic E-state index is 12.2. The molecule has 1 N–H and O–H groups in total. The van der Waals surface area contributed by atoms with Gasteiger partial charge in [-0.1, -0.05) is 17.7 Å². The average Bonchev–Trinajstić information content (AvgIpc) is 3.18. The van der Waals surface area contributed by atoms with Crippen molar-refractivity contribution < 1.29 is 4.79 Å². The summed E-state index contributed by atoms with van der Waals surface area (Å²) in [6.07, 6.45) is 0.806. The molecule has 2 aromatic heterocycles. The second kappa shape index (κ2) is 6.93. The zero-order valence-corrected chi connectivity index (χ0v) is 14.1. The Morgan fingerprint density at radius 2 is 2.09 bits per heavy atom. The van der Waals surface area contributed by atoms with Crippen LogP contribution >= 0.6 is 22.9 Å². The molecule has 0 unspecified atom stereocenters. The molecule has 0 saturated heterocycles. The predicted octanol–water partition coefficient (Wildman–Crippen LogP) is 3.26. The predicted molar refractivity (Wildman–Crippen MR) is 91.5 cm³/mol. The third-order valence-electron chi connectivity index (χ3n) is 3.28. The number of nitrogens with one attached hydrogen (secondary N) is 1. The van der Waals surface area contributed by atoms with Gasteiger partial charge in [0.15, 0.2) is 0 Å². The van der Waals surface area contributed by atoms with Crippen LogP contribution in [0, 0.1) is 6.92 Å². The summed E-state index contributed by atoms with van der Waals surface area (Å²) < 4.78 is 1.63. The zero-order chi connectivity index (χ0) is 16.2. The molecule has 1 aromatic carbocycles. The molecule has 118 valence electrons. The molecule has 0 aliphatic rings. The number of aromatic nitrogens is 3. The van der Waals surface area contributed by atoms with Gasteiger partial charge in [0.25, 0.3) is 5.91 Å². The lowest BCUT2D eigenvalue weighted by molar-refractivity contribution is 0.0944. The molecule has 0 atom stereocenters. The Bertz CT molecular complexity index is 796. The fourth-order valence-electron chi connectivity index (χ4n) is 2.15. The third kappa shape index (κ3) is 3.78. The highest BCUT2D eigenvalue weighted by molar-refractivity contribution is 7.09. The van der Waals surface area contributed by atoms with Crippen LogP contribution in [-0.4, -0.2) is 27.2 Å². The van der Waals surface area contributed by atoms with Gasteiger partial charge < -0.3 is 5.32 Å². The van der Waals surface area contributed by atoms with Crippen molar-refractivity contribution in [3.8, 4) is 5.69 Å². The molecular formula is C16H15ClN4OS. The number of carbonyl (C=O) groups excluding carboxylic acids is 1. The monoisotopic (exact) mass is 346 g/mol. The molecule has 0 radical (unpaired) electrons. The Morgan fingerprint density at radius 3 is 2.78 bits per heavy atom. The maximum Gasteiger partial charge on any atom is 0.290 e. The van der Waals surface area contributed by atoms with Crippen LogP contribution in [0.25, 0.3) is 5.69 Å². The first-order valence-corrected chi connectivity index (χ1v) is 8.39. The molecule has 0 aliphatic carbocycles. The van der Waals surface area contributed by atoms with Gasteiger partial charge in [-0.05, 0) is 49.1 Å². The Kier molecular flexibility index (Phi) is 4.73. The minimum absolute atomic E-state index is 0.170. The number of carbonyl (C=O) groups is 1. The molecule has 0 bridgehead atoms. The van der Waals surface area contributed by atoms with E-state index in [1.165, 1.54) is 4.88 Å². The Hall–Kier alpha value is -2.18. The smallest absolute Gasteiger partial charge is 0.290 e. The summed E-state index contributed by atoms with van der Waals surface area (Å²) in [7, 11) is 0. The van der Waals surface area contributed by atoms with E-state index < -0.39 is 0 Å². The van der Waals surface area contributed by atoms with E-state index in [1.54, 1.807) is 28.2 Å². The molecule has 7 heteroatoms. The number of aryl methyl sites for hydroxylation is 1. The van der Waals surface area contributed by atoms with Crippen molar-refractivity contribution in [1.29, 1.82) is 0 Å². The summed E-state index contributed by atoms with van der Waals surface area (Å²) in [6.45, 7) is 2.37. The number of amides is 1. The zero-order valence-electron chi connectivity index (χ0n) is 12.5. The van der Waals surface area contributed by atoms with E-state index in [0.717, 1.165) is 12.1 Å². The van der Waals surface area contributed by atoms with Crippen molar-refractivity contribution in [3.05, 3.63) is 63.3 Å². The second-order valence-corrected chi connectivity index (χ2v) is 6.42. The van der Waals surface area contributed by atoms with Crippen LogP contribution < -0.4 is 5.32 Å². The minimum Gasteiger partial charge on any atom is -0.349 e. The lowest BCUT2D eigenvalue weighted by atomic mass is 10.3. The van der Waals surface area contributed by atoms with E-state index in [4.69, 9.17) is 11.6 Å². The molecule has 3 rings (SSSR count). The first-order chi connectivity index (χ1) is 11.1. The molecule has 5 nitrogen and oxygen atoms in total. The van der Waals surface area contributed by atoms with Gasteiger partial charge in [-0.15, -0.1) is 16.4 Å². The first-order valence-electron chi connectivity index (χ1n) is 7.13. The number of benzene rings is 1. The highest BCUT2D eigenvalue weighted by Gasteiger charge is 2.14. The lowest BCUT2D eigenvalue weighted by Gasteiger charge is -2.02. The normalized spacial score (nSPS) is 10.7. The van der Waals surface area contributed by atoms with E-state index in [9.17, 15) is 4.79 Å². The Labute approximate surface area is 142 Å². The van der Waals surface area contributed by atoms with Crippen LogP contribution in [0.5, 0.6) is 0 Å². The van der Waals surface area contributed by atoms with E-state index in [2.05, 4.69) is 21.5 Å². The van der Waals surface area contributed by atoms with Crippen molar-refractivity contribution in [2.75, 3.05) is 6.54 Å². The average molecular weight is 347 g/mol. The number of hydrogen-bond acceptors (Lipinski definition) is 4. The molecule has 0 fully saturated rings. The summed E-state index contributed by atoms with van der Waals surface area (Å²) in [5.74, 6) is 0.553. The van der Waals surface area contributed by atoms with Gasteiger partial charge in [-0.25, -0.2) is 9.67 Å². The lowest BCUT2D eigenvalue weighted by Crippen LogP contribution is -2.26. The Morgan fingerprint density at radius 1 is 1.30 bits per heavy atom. The SMILES string of the molecule is Cc1nc(C(=O)NCCc2cccs2)nn1-c1ccc(Cl)cc1. The van der Waals surface area contributed by atoms with Crippen LogP contribution in [0.1, 0.15) is 21.3 Å². The quantitative estimate of drug-likeness (QED) is 0.771. The third-order valence-corrected chi connectivity index (χ3v) is 4.47. The van der Waals surface area contributed by atoms with Crippen molar-refractivity contribution in [3.63, 3.8) is 0 Å². The standard InChI is InChI=1S/C16H15ClN4OS/c1-11-19-15(16(22)18-9-8-14-3-2-10-23-14)20-21(11)13-6-4-12(17)5-7-13/h2-7,10H,8-9H2,1H3,(H,18,22). The van der Waals surface area contributed by atoms with E-state index in [1.807, 2.05) is 30.5 Å². The van der Waals surface area contributed by atoms with Crippen LogP contribution in [0.2, 0.25) is 5.02 Å². The van der Waals surface area contributed by atoms with Crippen molar-refractivity contribution >= 4 is 28.8 Å². The molecule has 1 amide bonds. The molecule has 3 aromatic rings. The van der Waals surface area contributed by atoms with E-state index in [-0.39, 0.29) is 11.7 Å². The molecule has 0 spiro atoms. The van der Waals surface area contributed by atoms with Gasteiger partial charge in [-0.3, -0.25) is 4.79 Å². The summed E-state index contributed by atoms with van der Waals surface area (Å²) in [4.78, 5) is 17.6. The highest BCUT2D eigenvalue weighted by atomic mass is 35.5.